The van der Waals surface area contributed by atoms with Crippen LogP contribution in [-0.2, 0) is 0 Å². The highest BCUT2D eigenvalue weighted by Gasteiger charge is 2.09. The largest absolute Gasteiger partial charge is 0.497 e. The Bertz CT molecular complexity index is 623. The van der Waals surface area contributed by atoms with Crippen molar-refractivity contribution in [3.05, 3.63) is 30.3 Å². The van der Waals surface area contributed by atoms with Gasteiger partial charge in [-0.1, -0.05) is 11.8 Å². The molecule has 0 fully saturated rings. The second-order valence-electron chi connectivity index (χ2n) is 3.77. The van der Waals surface area contributed by atoms with E-state index in [1.807, 2.05) is 30.3 Å². The second kappa shape index (κ2) is 6.78. The van der Waals surface area contributed by atoms with Gasteiger partial charge in [-0.25, -0.2) is 0 Å². The molecule has 0 unspecified atom stereocenters. The molecule has 20 heavy (non-hydrogen) atoms. The van der Waals surface area contributed by atoms with Gasteiger partial charge in [-0.2, -0.15) is 5.26 Å². The molecule has 0 amide bonds. The van der Waals surface area contributed by atoms with Crippen LogP contribution in [0.25, 0.3) is 11.3 Å². The van der Waals surface area contributed by atoms with E-state index in [0.717, 1.165) is 16.3 Å². The van der Waals surface area contributed by atoms with Crippen LogP contribution in [0.1, 0.15) is 0 Å². The number of nitriles is 1. The van der Waals surface area contributed by atoms with Crippen LogP contribution in [0.3, 0.4) is 0 Å². The third-order valence-corrected chi connectivity index (χ3v) is 3.39. The molecule has 0 aliphatic heterocycles. The van der Waals surface area contributed by atoms with Crippen molar-refractivity contribution in [2.75, 3.05) is 20.0 Å². The zero-order valence-corrected chi connectivity index (χ0v) is 12.0. The first kappa shape index (κ1) is 14.2. The molecule has 0 saturated carbocycles. The molecule has 2 aromatic rings. The Labute approximate surface area is 121 Å². The van der Waals surface area contributed by atoms with E-state index in [-0.39, 0.29) is 0 Å². The maximum Gasteiger partial charge on any atom is 0.128 e. The summed E-state index contributed by atoms with van der Waals surface area (Å²) in [7, 11) is 3.22. The predicted octanol–water partition coefficient (Wildman–Crippen LogP) is 2.78. The number of ether oxygens (including phenoxy) is 2. The zero-order chi connectivity index (χ0) is 14.4. The van der Waals surface area contributed by atoms with Crippen molar-refractivity contribution < 1.29 is 9.47 Å². The van der Waals surface area contributed by atoms with E-state index in [0.29, 0.717) is 17.2 Å². The monoisotopic (exact) mass is 287 g/mol. The van der Waals surface area contributed by atoms with E-state index in [4.69, 9.17) is 14.7 Å². The fourth-order valence-electron chi connectivity index (χ4n) is 1.66. The smallest absolute Gasteiger partial charge is 0.128 e. The molecule has 0 aliphatic rings. The van der Waals surface area contributed by atoms with Gasteiger partial charge in [0.2, 0.25) is 0 Å². The molecule has 0 atom stereocenters. The molecule has 0 radical (unpaired) electrons. The van der Waals surface area contributed by atoms with Crippen LogP contribution < -0.4 is 9.47 Å². The van der Waals surface area contributed by atoms with Crippen LogP contribution >= 0.6 is 11.8 Å². The number of aromatic nitrogens is 2. The minimum absolute atomic E-state index is 0.358. The summed E-state index contributed by atoms with van der Waals surface area (Å²) in [6, 6.07) is 11.2. The molecule has 0 saturated heterocycles. The van der Waals surface area contributed by atoms with Crippen molar-refractivity contribution >= 4 is 11.8 Å². The molecule has 1 heterocycles. The van der Waals surface area contributed by atoms with Gasteiger partial charge in [0.05, 0.1) is 31.7 Å². The summed E-state index contributed by atoms with van der Waals surface area (Å²) in [6.07, 6.45) is 0. The van der Waals surface area contributed by atoms with Crippen molar-refractivity contribution in [1.29, 1.82) is 5.26 Å². The van der Waals surface area contributed by atoms with E-state index in [1.165, 1.54) is 11.8 Å². The fourth-order valence-corrected chi connectivity index (χ4v) is 2.14. The quantitative estimate of drug-likeness (QED) is 0.788. The fraction of sp³-hybridized carbons (Fsp3) is 0.214. The predicted molar refractivity (Wildman–Crippen MR) is 76.9 cm³/mol. The maximum atomic E-state index is 8.54. The van der Waals surface area contributed by atoms with Gasteiger partial charge >= 0.3 is 0 Å². The van der Waals surface area contributed by atoms with Crippen molar-refractivity contribution in [2.24, 2.45) is 0 Å². The Hall–Kier alpha value is -2.26. The number of hydrogen-bond acceptors (Lipinski definition) is 6. The number of methoxy groups -OCH3 is 2. The summed E-state index contributed by atoms with van der Waals surface area (Å²) >= 11 is 1.35. The van der Waals surface area contributed by atoms with Crippen molar-refractivity contribution in [1.82, 2.24) is 10.2 Å². The first-order valence-corrected chi connectivity index (χ1v) is 6.83. The SMILES string of the molecule is COc1ccc(OC)c(-c2ccc(SCC#N)nn2)c1. The van der Waals surface area contributed by atoms with E-state index >= 15 is 0 Å². The topological polar surface area (TPSA) is 68.0 Å². The molecule has 0 spiro atoms. The lowest BCUT2D eigenvalue weighted by molar-refractivity contribution is 0.404. The number of hydrogen-bond donors (Lipinski definition) is 0. The van der Waals surface area contributed by atoms with Crippen molar-refractivity contribution in [2.45, 2.75) is 5.03 Å². The van der Waals surface area contributed by atoms with Gasteiger partial charge in [0.25, 0.3) is 0 Å². The van der Waals surface area contributed by atoms with Crippen molar-refractivity contribution in [3.8, 4) is 28.8 Å². The van der Waals surface area contributed by atoms with Crippen LogP contribution in [-0.4, -0.2) is 30.2 Å². The normalized spacial score (nSPS) is 9.85. The highest BCUT2D eigenvalue weighted by atomic mass is 32.2. The van der Waals surface area contributed by atoms with Gasteiger partial charge in [-0.3, -0.25) is 0 Å². The standard InChI is InChI=1S/C14H13N3O2S/c1-18-10-3-5-13(19-2)11(9-10)12-4-6-14(17-16-12)20-8-7-15/h3-6,9H,8H2,1-2H3. The van der Waals surface area contributed by atoms with E-state index in [1.54, 1.807) is 14.2 Å². The molecule has 0 bridgehead atoms. The molecule has 6 heteroatoms. The Morgan fingerprint density at radius 2 is 2.00 bits per heavy atom. The average molecular weight is 287 g/mol. The third kappa shape index (κ3) is 3.19. The second-order valence-corrected chi connectivity index (χ2v) is 4.77. The summed E-state index contributed by atoms with van der Waals surface area (Å²) in [5, 5.41) is 17.5. The molecule has 1 aromatic heterocycles. The molecular weight excluding hydrogens is 274 g/mol. The number of benzene rings is 1. The van der Waals surface area contributed by atoms with Crippen LogP contribution in [0, 0.1) is 11.3 Å². The average Bonchev–Trinajstić information content (AvgIpc) is 2.52. The van der Waals surface area contributed by atoms with Gasteiger partial charge in [0.15, 0.2) is 0 Å². The van der Waals surface area contributed by atoms with Crippen molar-refractivity contribution in [3.63, 3.8) is 0 Å². The number of nitrogens with zero attached hydrogens (tertiary/aromatic N) is 3. The van der Waals surface area contributed by atoms with Gasteiger partial charge in [0.1, 0.15) is 16.5 Å². The van der Waals surface area contributed by atoms with E-state index < -0.39 is 0 Å². The lowest BCUT2D eigenvalue weighted by Crippen LogP contribution is -1.94. The minimum atomic E-state index is 0.358. The Morgan fingerprint density at radius 3 is 2.60 bits per heavy atom. The first-order chi connectivity index (χ1) is 9.78. The van der Waals surface area contributed by atoms with Gasteiger partial charge in [-0.05, 0) is 30.3 Å². The Kier molecular flexibility index (Phi) is 4.80. The highest BCUT2D eigenvalue weighted by Crippen LogP contribution is 2.32. The Balaban J connectivity index is 2.33. The van der Waals surface area contributed by atoms with Gasteiger partial charge < -0.3 is 9.47 Å². The van der Waals surface area contributed by atoms with E-state index in [9.17, 15) is 0 Å². The summed E-state index contributed by atoms with van der Waals surface area (Å²) in [5.74, 6) is 1.79. The van der Waals surface area contributed by atoms with Crippen LogP contribution in [0.4, 0.5) is 0 Å². The lowest BCUT2D eigenvalue weighted by atomic mass is 10.1. The summed E-state index contributed by atoms with van der Waals surface area (Å²) < 4.78 is 10.5. The molecule has 5 nitrogen and oxygen atoms in total. The Morgan fingerprint density at radius 1 is 1.15 bits per heavy atom. The molecular formula is C14H13N3O2S. The number of rotatable bonds is 5. The lowest BCUT2D eigenvalue weighted by Gasteiger charge is -2.09. The van der Waals surface area contributed by atoms with Gasteiger partial charge in [0, 0.05) is 5.56 Å². The van der Waals surface area contributed by atoms with Crippen LogP contribution in [0.2, 0.25) is 0 Å². The number of thioether (sulfide) groups is 1. The highest BCUT2D eigenvalue weighted by molar-refractivity contribution is 7.99. The minimum Gasteiger partial charge on any atom is -0.497 e. The molecule has 102 valence electrons. The van der Waals surface area contributed by atoms with Gasteiger partial charge in [-0.15, -0.1) is 10.2 Å². The maximum absolute atomic E-state index is 8.54. The molecule has 0 aliphatic carbocycles. The van der Waals surface area contributed by atoms with Crippen LogP contribution in [0.5, 0.6) is 11.5 Å². The first-order valence-electron chi connectivity index (χ1n) is 5.84. The van der Waals surface area contributed by atoms with Crippen LogP contribution in [0.15, 0.2) is 35.4 Å². The molecule has 2 rings (SSSR count). The summed E-state index contributed by atoms with van der Waals surface area (Å²) in [4.78, 5) is 0. The summed E-state index contributed by atoms with van der Waals surface area (Å²) in [6.45, 7) is 0. The summed E-state index contributed by atoms with van der Waals surface area (Å²) in [5.41, 5.74) is 1.51. The molecule has 0 N–H and O–H groups in total. The zero-order valence-electron chi connectivity index (χ0n) is 11.2. The molecule has 1 aromatic carbocycles. The third-order valence-electron chi connectivity index (χ3n) is 2.61. The van der Waals surface area contributed by atoms with E-state index in [2.05, 4.69) is 16.3 Å².